The van der Waals surface area contributed by atoms with Crippen LogP contribution in [0, 0.1) is 5.82 Å². The van der Waals surface area contributed by atoms with Crippen LogP contribution in [-0.2, 0) is 6.42 Å². The molecular weight excluding hydrogens is 576 g/mol. The first-order valence-electron chi connectivity index (χ1n) is 16.2. The molecule has 6 heterocycles. The number of ether oxygens (including phenoxy) is 2. The highest BCUT2D eigenvalue weighted by atomic mass is 19.1. The highest BCUT2D eigenvalue weighted by Crippen LogP contribution is 2.43. The van der Waals surface area contributed by atoms with Gasteiger partial charge in [0.05, 0.1) is 12.6 Å². The molecule has 0 saturated carbocycles. The van der Waals surface area contributed by atoms with Crippen LogP contribution in [0.2, 0.25) is 0 Å². The number of hydrogen-bond donors (Lipinski definition) is 2. The number of halogens is 2. The first-order chi connectivity index (χ1) is 21.9. The van der Waals surface area contributed by atoms with E-state index in [-0.39, 0.29) is 35.2 Å². The number of aromatic nitrogens is 3. The summed E-state index contributed by atoms with van der Waals surface area (Å²) < 4.78 is 43.8. The molecule has 4 saturated heterocycles. The van der Waals surface area contributed by atoms with E-state index in [0.717, 1.165) is 68.1 Å². The maximum Gasteiger partial charge on any atom is 0.319 e. The van der Waals surface area contributed by atoms with E-state index in [1.807, 2.05) is 24.3 Å². The third-order valence-electron chi connectivity index (χ3n) is 10.4. The molecule has 0 radical (unpaired) electrons. The maximum absolute atomic E-state index is 17.1. The standard InChI is InChI=1S/C34H39F2N7O2/c1-3-19-6-4-7-20-12-22(37)13-25(26(19)20)29-28(36)30-27(32(39-29)44-2)31(42-16-23-8-9-24(17-42)38-23)41-33(40-30)45-18-34-10-5-11-43(34)15-21(35)14-34/h4,6-7,12-13,21,23-24,38H,3,5,8-11,14-18,37H2,1-2H3/t21-,23?,24?,34+/m1/s1. The Kier molecular flexibility index (Phi) is 6.94. The summed E-state index contributed by atoms with van der Waals surface area (Å²) in [5.41, 5.74) is 8.32. The minimum Gasteiger partial charge on any atom is -0.480 e. The second-order valence-electron chi connectivity index (χ2n) is 13.2. The fourth-order valence-corrected chi connectivity index (χ4v) is 8.35. The van der Waals surface area contributed by atoms with Crippen molar-refractivity contribution in [2.45, 2.75) is 69.2 Å². The van der Waals surface area contributed by atoms with Gasteiger partial charge >= 0.3 is 6.01 Å². The summed E-state index contributed by atoms with van der Waals surface area (Å²) in [7, 11) is 1.54. The van der Waals surface area contributed by atoms with E-state index in [0.29, 0.717) is 47.5 Å². The molecule has 236 valence electrons. The Labute approximate surface area is 261 Å². The lowest BCUT2D eigenvalue weighted by atomic mass is 9.94. The lowest BCUT2D eigenvalue weighted by Crippen LogP contribution is -2.51. The molecule has 2 unspecified atom stereocenters. The summed E-state index contributed by atoms with van der Waals surface area (Å²) in [5.74, 6) is 0.209. The van der Waals surface area contributed by atoms with E-state index in [9.17, 15) is 4.39 Å². The van der Waals surface area contributed by atoms with Crippen LogP contribution < -0.4 is 25.4 Å². The topological polar surface area (TPSA) is 102 Å². The number of alkyl halides is 1. The third kappa shape index (κ3) is 4.74. The van der Waals surface area contributed by atoms with Crippen molar-refractivity contribution in [2.75, 3.05) is 50.5 Å². The van der Waals surface area contributed by atoms with Crippen molar-refractivity contribution in [3.63, 3.8) is 0 Å². The monoisotopic (exact) mass is 615 g/mol. The zero-order valence-corrected chi connectivity index (χ0v) is 25.8. The van der Waals surface area contributed by atoms with Gasteiger partial charge in [0.25, 0.3) is 0 Å². The van der Waals surface area contributed by atoms with Crippen molar-refractivity contribution in [2.24, 2.45) is 0 Å². The van der Waals surface area contributed by atoms with Gasteiger partial charge in [-0.15, -0.1) is 0 Å². The number of benzene rings is 2. The van der Waals surface area contributed by atoms with Gasteiger partial charge in [-0.3, -0.25) is 4.90 Å². The molecule has 4 aliphatic heterocycles. The van der Waals surface area contributed by atoms with Crippen LogP contribution in [-0.4, -0.2) is 83.5 Å². The van der Waals surface area contributed by atoms with Gasteiger partial charge in [-0.25, -0.2) is 13.8 Å². The lowest BCUT2D eigenvalue weighted by molar-refractivity contribution is 0.107. The van der Waals surface area contributed by atoms with E-state index in [4.69, 9.17) is 30.2 Å². The molecule has 2 aromatic heterocycles. The molecule has 4 fully saturated rings. The summed E-state index contributed by atoms with van der Waals surface area (Å²) in [6.07, 6.45) is 4.31. The fraction of sp³-hybridized carbons (Fsp3) is 0.500. The highest BCUT2D eigenvalue weighted by Gasteiger charge is 2.49. The first kappa shape index (κ1) is 28.6. The zero-order chi connectivity index (χ0) is 30.9. The predicted octanol–water partition coefficient (Wildman–Crippen LogP) is 5.03. The van der Waals surface area contributed by atoms with Gasteiger partial charge in [0.1, 0.15) is 35.2 Å². The molecule has 0 aliphatic carbocycles. The summed E-state index contributed by atoms with van der Waals surface area (Å²) in [5, 5.41) is 5.89. The molecule has 2 bridgehead atoms. The van der Waals surface area contributed by atoms with Gasteiger partial charge in [0.2, 0.25) is 5.88 Å². The minimum absolute atomic E-state index is 0.0803. The van der Waals surface area contributed by atoms with Gasteiger partial charge in [-0.2, -0.15) is 9.97 Å². The molecule has 45 heavy (non-hydrogen) atoms. The van der Waals surface area contributed by atoms with Crippen molar-refractivity contribution in [3.05, 3.63) is 41.7 Å². The van der Waals surface area contributed by atoms with Gasteiger partial charge in [0, 0.05) is 49.4 Å². The van der Waals surface area contributed by atoms with Gasteiger partial charge in [-0.1, -0.05) is 25.1 Å². The number of methoxy groups -OCH3 is 1. The lowest BCUT2D eigenvalue weighted by Gasteiger charge is -2.34. The highest BCUT2D eigenvalue weighted by molar-refractivity contribution is 6.03. The third-order valence-corrected chi connectivity index (χ3v) is 10.4. The van der Waals surface area contributed by atoms with Crippen molar-refractivity contribution in [3.8, 4) is 23.1 Å². The normalized spacial score (nSPS) is 26.2. The van der Waals surface area contributed by atoms with Crippen LogP contribution in [0.3, 0.4) is 0 Å². The molecule has 8 rings (SSSR count). The number of hydrogen-bond acceptors (Lipinski definition) is 9. The second-order valence-corrected chi connectivity index (χ2v) is 13.2. The van der Waals surface area contributed by atoms with Gasteiger partial charge in [0.15, 0.2) is 5.82 Å². The number of aryl methyl sites for hydroxylation is 1. The quantitative estimate of drug-likeness (QED) is 0.277. The number of pyridine rings is 1. The average Bonchev–Trinajstić information content (AvgIpc) is 3.69. The van der Waals surface area contributed by atoms with E-state index in [1.54, 1.807) is 6.07 Å². The Bertz CT molecular complexity index is 1790. The molecule has 0 spiro atoms. The number of anilines is 2. The molecule has 9 nitrogen and oxygen atoms in total. The molecule has 0 amide bonds. The largest absolute Gasteiger partial charge is 0.480 e. The molecule has 2 aromatic carbocycles. The Morgan fingerprint density at radius 3 is 2.69 bits per heavy atom. The van der Waals surface area contributed by atoms with Crippen molar-refractivity contribution in [1.82, 2.24) is 25.2 Å². The Morgan fingerprint density at radius 2 is 1.91 bits per heavy atom. The number of nitrogens with two attached hydrogens (primary N) is 1. The number of rotatable bonds is 7. The van der Waals surface area contributed by atoms with Crippen molar-refractivity contribution < 1.29 is 18.3 Å². The number of nitrogens with one attached hydrogen (secondary N) is 1. The summed E-state index contributed by atoms with van der Waals surface area (Å²) in [6, 6.07) is 10.4. The smallest absolute Gasteiger partial charge is 0.319 e. The zero-order valence-electron chi connectivity index (χ0n) is 25.8. The number of nitrogens with zero attached hydrogens (tertiary/aromatic N) is 5. The predicted molar refractivity (Wildman–Crippen MR) is 171 cm³/mol. The molecule has 3 N–H and O–H groups in total. The van der Waals surface area contributed by atoms with E-state index in [2.05, 4.69) is 22.0 Å². The van der Waals surface area contributed by atoms with Crippen LogP contribution in [0.15, 0.2) is 30.3 Å². The van der Waals surface area contributed by atoms with Crippen LogP contribution >= 0.6 is 0 Å². The summed E-state index contributed by atoms with van der Waals surface area (Å²) in [6.45, 7) is 5.04. The number of fused-ring (bicyclic) bond motifs is 5. The fourth-order valence-electron chi connectivity index (χ4n) is 8.35. The molecule has 11 heteroatoms. The Balaban J connectivity index is 1.31. The van der Waals surface area contributed by atoms with Gasteiger partial charge < -0.3 is 25.4 Å². The number of nitrogen functional groups attached to an aromatic ring is 1. The molecule has 4 aliphatic rings. The molecular formula is C34H39F2N7O2. The van der Waals surface area contributed by atoms with Crippen LogP contribution in [0.1, 0.15) is 44.6 Å². The van der Waals surface area contributed by atoms with E-state index in [1.165, 1.54) is 7.11 Å². The van der Waals surface area contributed by atoms with Crippen molar-refractivity contribution in [1.29, 1.82) is 0 Å². The van der Waals surface area contributed by atoms with E-state index >= 15 is 4.39 Å². The molecule has 4 atom stereocenters. The van der Waals surface area contributed by atoms with Crippen molar-refractivity contribution >= 4 is 33.2 Å². The van der Waals surface area contributed by atoms with Crippen LogP contribution in [0.25, 0.3) is 32.9 Å². The van der Waals surface area contributed by atoms with E-state index < -0.39 is 12.0 Å². The summed E-state index contributed by atoms with van der Waals surface area (Å²) >= 11 is 0. The summed E-state index contributed by atoms with van der Waals surface area (Å²) in [4.78, 5) is 18.8. The van der Waals surface area contributed by atoms with Crippen LogP contribution in [0.4, 0.5) is 20.3 Å². The Morgan fingerprint density at radius 1 is 1.09 bits per heavy atom. The molecule has 4 aromatic rings. The minimum atomic E-state index is -0.880. The van der Waals surface area contributed by atoms with Crippen LogP contribution in [0.5, 0.6) is 11.9 Å². The maximum atomic E-state index is 17.1. The average molecular weight is 616 g/mol. The number of piperazine rings is 1. The van der Waals surface area contributed by atoms with Gasteiger partial charge in [-0.05, 0) is 67.1 Å². The Hall–Kier alpha value is -3.83. The second kappa shape index (κ2) is 10.9. The SMILES string of the molecule is CCc1cccc2cc(N)cc(-c3nc(OC)c4c(N5CC6CCC(C5)N6)nc(OC[C@@]56CCCN5C[C@H](F)C6)nc4c3F)c12. The first-order valence-corrected chi connectivity index (χ1v) is 16.2.